The molecule has 0 aliphatic carbocycles. The van der Waals surface area contributed by atoms with Gasteiger partial charge in [-0.1, -0.05) is 18.2 Å². The Morgan fingerprint density at radius 2 is 1.93 bits per heavy atom. The third-order valence-electron chi connectivity index (χ3n) is 6.03. The normalized spacial score (nSPS) is 21.3. The lowest BCUT2D eigenvalue weighted by Crippen LogP contribution is -2.46. The number of benzene rings is 1. The van der Waals surface area contributed by atoms with Crippen molar-refractivity contribution in [2.24, 2.45) is 5.92 Å². The number of piperidine rings is 1. The smallest absolute Gasteiger partial charge is 0.259 e. The van der Waals surface area contributed by atoms with Gasteiger partial charge < -0.3 is 9.30 Å². The number of thiophene rings is 1. The summed E-state index contributed by atoms with van der Waals surface area (Å²) in [4.78, 5) is 16.7. The number of methoxy groups -OCH3 is 1. The van der Waals surface area contributed by atoms with E-state index in [0.717, 1.165) is 42.4 Å². The van der Waals surface area contributed by atoms with Crippen molar-refractivity contribution >= 4 is 11.3 Å². The van der Waals surface area contributed by atoms with E-state index in [0.29, 0.717) is 11.8 Å². The molecule has 0 N–H and O–H groups in total. The Hall–Kier alpha value is -2.37. The quantitative estimate of drug-likeness (QED) is 0.667. The van der Waals surface area contributed by atoms with Crippen molar-refractivity contribution in [3.05, 3.63) is 75.5 Å². The molecule has 0 saturated carbocycles. The van der Waals surface area contributed by atoms with Gasteiger partial charge in [0.25, 0.3) is 5.56 Å². The molecule has 2 bridgehead atoms. The van der Waals surface area contributed by atoms with Crippen LogP contribution in [0.5, 0.6) is 5.75 Å². The highest BCUT2D eigenvalue weighted by molar-refractivity contribution is 7.13. The van der Waals surface area contributed by atoms with Gasteiger partial charge in [-0.3, -0.25) is 9.69 Å². The highest BCUT2D eigenvalue weighted by atomic mass is 32.1. The minimum absolute atomic E-state index is 0.179. The van der Waals surface area contributed by atoms with Crippen molar-refractivity contribution in [2.45, 2.75) is 25.4 Å². The maximum Gasteiger partial charge on any atom is 0.259 e. The van der Waals surface area contributed by atoms with Gasteiger partial charge in [-0.25, -0.2) is 0 Å². The topological polar surface area (TPSA) is 34.5 Å². The summed E-state index contributed by atoms with van der Waals surface area (Å²) in [5, 5.41) is 2.03. The van der Waals surface area contributed by atoms with Crippen LogP contribution in [0.2, 0.25) is 0 Å². The van der Waals surface area contributed by atoms with Gasteiger partial charge >= 0.3 is 0 Å². The molecule has 1 fully saturated rings. The van der Waals surface area contributed by atoms with Crippen LogP contribution in [0.4, 0.5) is 0 Å². The molecule has 0 amide bonds. The first-order valence-corrected chi connectivity index (χ1v) is 10.7. The van der Waals surface area contributed by atoms with Crippen molar-refractivity contribution in [3.8, 4) is 16.2 Å². The highest BCUT2D eigenvalue weighted by Gasteiger charge is 2.35. The minimum Gasteiger partial charge on any atom is -0.497 e. The van der Waals surface area contributed by atoms with Crippen molar-refractivity contribution in [3.63, 3.8) is 0 Å². The molecule has 5 heteroatoms. The van der Waals surface area contributed by atoms with Crippen molar-refractivity contribution in [2.75, 3.05) is 20.2 Å². The molecular weight excluding hydrogens is 368 g/mol. The second-order valence-electron chi connectivity index (χ2n) is 7.91. The van der Waals surface area contributed by atoms with Crippen LogP contribution < -0.4 is 10.3 Å². The van der Waals surface area contributed by atoms with Gasteiger partial charge in [-0.15, -0.1) is 11.3 Å². The molecule has 3 aromatic rings. The van der Waals surface area contributed by atoms with Crippen molar-refractivity contribution < 1.29 is 4.74 Å². The molecule has 0 radical (unpaired) electrons. The van der Waals surface area contributed by atoms with E-state index >= 15 is 0 Å². The van der Waals surface area contributed by atoms with Crippen LogP contribution in [-0.2, 0) is 13.1 Å². The van der Waals surface area contributed by atoms with Crippen LogP contribution in [0.1, 0.15) is 23.6 Å². The predicted molar refractivity (Wildman–Crippen MR) is 113 cm³/mol. The average molecular weight is 393 g/mol. The summed E-state index contributed by atoms with van der Waals surface area (Å²) < 4.78 is 7.32. The molecule has 5 rings (SSSR count). The van der Waals surface area contributed by atoms with Gasteiger partial charge in [-0.2, -0.15) is 0 Å². The third-order valence-corrected chi connectivity index (χ3v) is 6.93. The van der Waals surface area contributed by atoms with Gasteiger partial charge in [0, 0.05) is 42.7 Å². The summed E-state index contributed by atoms with van der Waals surface area (Å²) >= 11 is 1.64. The van der Waals surface area contributed by atoms with Crippen LogP contribution in [0.15, 0.2) is 58.7 Å². The molecule has 1 aromatic carbocycles. The number of pyridine rings is 1. The Bertz CT molecular complexity index is 1020. The number of fused-ring (bicyclic) bond motifs is 4. The van der Waals surface area contributed by atoms with Gasteiger partial charge in [0.15, 0.2) is 0 Å². The monoisotopic (exact) mass is 392 g/mol. The molecule has 2 aliphatic heterocycles. The largest absolute Gasteiger partial charge is 0.497 e. The summed E-state index contributed by atoms with van der Waals surface area (Å²) in [5.41, 5.74) is 3.54. The number of hydrogen-bond donors (Lipinski definition) is 0. The average Bonchev–Trinajstić information content (AvgIpc) is 3.24. The number of likely N-dealkylation sites (tertiary alicyclic amines) is 1. The standard InChI is InChI=1S/C23H24N2O2S/c1-27-19-6-4-16(5-7-19)12-24-13-17-11-18(15-24)21-9-8-20(22-3-2-10-28-22)23(26)25(21)14-17/h2-10,17-18H,11-15H2,1H3/t17-,18+/m0/s1. The second kappa shape index (κ2) is 7.22. The second-order valence-corrected chi connectivity index (χ2v) is 8.85. The number of aromatic nitrogens is 1. The first kappa shape index (κ1) is 17.7. The van der Waals surface area contributed by atoms with E-state index in [9.17, 15) is 4.79 Å². The van der Waals surface area contributed by atoms with E-state index in [1.807, 2.05) is 35.7 Å². The van der Waals surface area contributed by atoms with Gasteiger partial charge in [0.1, 0.15) is 5.75 Å². The van der Waals surface area contributed by atoms with Crippen LogP contribution in [0.3, 0.4) is 0 Å². The van der Waals surface area contributed by atoms with E-state index < -0.39 is 0 Å². The first-order valence-electron chi connectivity index (χ1n) is 9.84. The molecule has 2 aromatic heterocycles. The lowest BCUT2D eigenvalue weighted by Gasteiger charge is -2.43. The number of rotatable bonds is 4. The number of nitrogens with zero attached hydrogens (tertiary/aromatic N) is 2. The lowest BCUT2D eigenvalue weighted by atomic mass is 9.82. The fourth-order valence-corrected chi connectivity index (χ4v) is 5.53. The van der Waals surface area contributed by atoms with Crippen LogP contribution in [0, 0.1) is 5.92 Å². The highest BCUT2D eigenvalue weighted by Crippen LogP contribution is 2.36. The SMILES string of the molecule is COc1ccc(CN2C[C@@H]3C[C@H](C2)c2ccc(-c4cccs4)c(=O)n2C3)cc1. The maximum atomic E-state index is 13.1. The summed E-state index contributed by atoms with van der Waals surface area (Å²) in [7, 11) is 1.70. The van der Waals surface area contributed by atoms with Gasteiger partial charge in [0.05, 0.1) is 12.7 Å². The molecule has 28 heavy (non-hydrogen) atoms. The summed E-state index contributed by atoms with van der Waals surface area (Å²) in [5.74, 6) is 1.88. The van der Waals surface area contributed by atoms with E-state index in [-0.39, 0.29) is 5.56 Å². The maximum absolute atomic E-state index is 13.1. The zero-order chi connectivity index (χ0) is 19.1. The third kappa shape index (κ3) is 3.19. The Morgan fingerprint density at radius 3 is 2.68 bits per heavy atom. The van der Waals surface area contributed by atoms with Gasteiger partial charge in [-0.05, 0) is 53.6 Å². The van der Waals surface area contributed by atoms with E-state index in [2.05, 4.69) is 27.7 Å². The minimum atomic E-state index is 0.179. The molecule has 2 atom stereocenters. The predicted octanol–water partition coefficient (Wildman–Crippen LogP) is 4.20. The van der Waals surface area contributed by atoms with E-state index in [1.54, 1.807) is 18.4 Å². The first-order chi connectivity index (χ1) is 13.7. The number of hydrogen-bond acceptors (Lipinski definition) is 4. The fraction of sp³-hybridized carbons (Fsp3) is 0.348. The van der Waals surface area contributed by atoms with Crippen LogP contribution in [-0.4, -0.2) is 29.7 Å². The molecule has 2 aliphatic rings. The van der Waals surface area contributed by atoms with Crippen LogP contribution in [0.25, 0.3) is 10.4 Å². The Labute approximate surface area is 169 Å². The molecule has 4 nitrogen and oxygen atoms in total. The van der Waals surface area contributed by atoms with Gasteiger partial charge in [0.2, 0.25) is 0 Å². The zero-order valence-electron chi connectivity index (χ0n) is 16.0. The molecule has 0 spiro atoms. The molecular formula is C23H24N2O2S. The molecule has 0 unspecified atom stereocenters. The molecule has 144 valence electrons. The lowest BCUT2D eigenvalue weighted by molar-refractivity contribution is 0.114. The Morgan fingerprint density at radius 1 is 1.07 bits per heavy atom. The summed E-state index contributed by atoms with van der Waals surface area (Å²) in [6.07, 6.45) is 1.19. The summed E-state index contributed by atoms with van der Waals surface area (Å²) in [6, 6.07) is 16.6. The van der Waals surface area contributed by atoms with E-state index in [4.69, 9.17) is 4.74 Å². The Balaban J connectivity index is 1.39. The van der Waals surface area contributed by atoms with Crippen molar-refractivity contribution in [1.29, 1.82) is 0 Å². The van der Waals surface area contributed by atoms with E-state index in [1.165, 1.54) is 17.7 Å². The zero-order valence-corrected chi connectivity index (χ0v) is 16.8. The van der Waals surface area contributed by atoms with Crippen molar-refractivity contribution in [1.82, 2.24) is 9.47 Å². The fourth-order valence-electron chi connectivity index (χ4n) is 4.78. The summed E-state index contributed by atoms with van der Waals surface area (Å²) in [6.45, 7) is 3.86. The van der Waals surface area contributed by atoms with Crippen LogP contribution >= 0.6 is 11.3 Å². The Kier molecular flexibility index (Phi) is 4.57. The molecule has 4 heterocycles. The molecule has 1 saturated heterocycles. The number of ether oxygens (including phenoxy) is 1.